The molecule has 0 bridgehead atoms. The third kappa shape index (κ3) is 3.03. The van der Waals surface area contributed by atoms with E-state index in [-0.39, 0.29) is 0 Å². The molecule has 0 aliphatic carbocycles. The van der Waals surface area contributed by atoms with Crippen molar-refractivity contribution in [2.24, 2.45) is 0 Å². The highest BCUT2D eigenvalue weighted by atomic mass is 31.2. The van der Waals surface area contributed by atoms with Crippen molar-refractivity contribution in [2.75, 3.05) is 0 Å². The molecular formula is C26H24OP+. The highest BCUT2D eigenvalue weighted by Gasteiger charge is 2.48. The second-order valence-corrected chi connectivity index (χ2v) is 10.5. The van der Waals surface area contributed by atoms with Crippen molar-refractivity contribution in [1.82, 2.24) is 0 Å². The number of phenolic OH excluding ortho intramolecular Hbond substituents is 1. The molecule has 0 fully saturated rings. The van der Waals surface area contributed by atoms with Crippen molar-refractivity contribution >= 4 is 28.5 Å². The summed E-state index contributed by atoms with van der Waals surface area (Å²) in [6.45, 7) is 3.98. The van der Waals surface area contributed by atoms with Crippen molar-refractivity contribution in [1.29, 1.82) is 0 Å². The van der Waals surface area contributed by atoms with Crippen LogP contribution in [0.25, 0.3) is 0 Å². The van der Waals surface area contributed by atoms with E-state index in [1.54, 1.807) is 0 Å². The van der Waals surface area contributed by atoms with E-state index >= 15 is 0 Å². The molecule has 0 spiro atoms. The van der Waals surface area contributed by atoms with Gasteiger partial charge in [-0.1, -0.05) is 54.6 Å². The lowest BCUT2D eigenvalue weighted by molar-refractivity contribution is 0.467. The Morgan fingerprint density at radius 2 is 0.821 bits per heavy atom. The SMILES string of the molecule is Cc1cc([P+](c2ccccc2)(c2ccccc2)c2ccccc2)cc(C)c1O. The lowest BCUT2D eigenvalue weighted by atomic mass is 10.1. The van der Waals surface area contributed by atoms with Gasteiger partial charge in [-0.05, 0) is 73.5 Å². The Hall–Kier alpha value is -2.89. The lowest BCUT2D eigenvalue weighted by Crippen LogP contribution is -2.38. The number of rotatable bonds is 4. The minimum absolute atomic E-state index is 0.385. The van der Waals surface area contributed by atoms with Gasteiger partial charge in [-0.15, -0.1) is 0 Å². The van der Waals surface area contributed by atoms with Crippen molar-refractivity contribution in [2.45, 2.75) is 13.8 Å². The first-order chi connectivity index (χ1) is 13.6. The van der Waals surface area contributed by atoms with Gasteiger partial charge in [0.2, 0.25) is 0 Å². The van der Waals surface area contributed by atoms with Crippen LogP contribution in [0.2, 0.25) is 0 Å². The predicted molar refractivity (Wildman–Crippen MR) is 122 cm³/mol. The molecule has 2 heteroatoms. The average molecular weight is 383 g/mol. The first-order valence-electron chi connectivity index (χ1n) is 9.50. The van der Waals surface area contributed by atoms with Crippen LogP contribution >= 0.6 is 7.26 Å². The third-order valence-electron chi connectivity index (χ3n) is 5.29. The summed E-state index contributed by atoms with van der Waals surface area (Å²) in [6, 6.07) is 36.7. The molecule has 0 saturated carbocycles. The predicted octanol–water partition coefficient (Wildman–Crippen LogP) is 4.63. The summed E-state index contributed by atoms with van der Waals surface area (Å²) in [6.07, 6.45) is 0. The van der Waals surface area contributed by atoms with E-state index in [1.807, 2.05) is 13.8 Å². The van der Waals surface area contributed by atoms with Gasteiger partial charge in [0.15, 0.2) is 0 Å². The number of hydrogen-bond acceptors (Lipinski definition) is 1. The first-order valence-corrected chi connectivity index (χ1v) is 11.3. The Morgan fingerprint density at radius 1 is 0.500 bits per heavy atom. The van der Waals surface area contributed by atoms with Crippen LogP contribution in [0.5, 0.6) is 5.75 Å². The van der Waals surface area contributed by atoms with Gasteiger partial charge in [-0.3, -0.25) is 0 Å². The van der Waals surface area contributed by atoms with E-state index in [0.29, 0.717) is 5.75 Å². The second-order valence-electron chi connectivity index (χ2n) is 7.11. The van der Waals surface area contributed by atoms with E-state index in [2.05, 4.69) is 103 Å². The van der Waals surface area contributed by atoms with Crippen molar-refractivity contribution in [3.8, 4) is 5.75 Å². The molecule has 4 rings (SSSR count). The molecule has 138 valence electrons. The van der Waals surface area contributed by atoms with Gasteiger partial charge in [0.05, 0.1) is 0 Å². The Bertz CT molecular complexity index is 954. The average Bonchev–Trinajstić information content (AvgIpc) is 2.75. The fraction of sp³-hybridized carbons (Fsp3) is 0.0769. The molecule has 0 aliphatic heterocycles. The zero-order valence-electron chi connectivity index (χ0n) is 16.2. The molecule has 0 aliphatic rings. The quantitative estimate of drug-likeness (QED) is 0.510. The fourth-order valence-electron chi connectivity index (χ4n) is 3.98. The highest BCUT2D eigenvalue weighted by Crippen LogP contribution is 2.54. The Labute approximate surface area is 167 Å². The van der Waals surface area contributed by atoms with Crippen molar-refractivity contribution in [3.63, 3.8) is 0 Å². The van der Waals surface area contributed by atoms with Crippen LogP contribution in [0.4, 0.5) is 0 Å². The molecular weight excluding hydrogens is 359 g/mol. The summed E-state index contributed by atoms with van der Waals surface area (Å²) in [5.41, 5.74) is 1.84. The fourth-order valence-corrected chi connectivity index (χ4v) is 8.40. The molecule has 4 aromatic carbocycles. The number of hydrogen-bond donors (Lipinski definition) is 1. The molecule has 1 nitrogen and oxygen atoms in total. The molecule has 0 radical (unpaired) electrons. The van der Waals surface area contributed by atoms with Crippen LogP contribution in [0, 0.1) is 13.8 Å². The molecule has 0 atom stereocenters. The molecule has 0 amide bonds. The minimum Gasteiger partial charge on any atom is -0.507 e. The highest BCUT2D eigenvalue weighted by molar-refractivity contribution is 8.01. The molecule has 0 unspecified atom stereocenters. The smallest absolute Gasteiger partial charge is 0.144 e. The number of aromatic hydroxyl groups is 1. The topological polar surface area (TPSA) is 20.2 Å². The van der Waals surface area contributed by atoms with Crippen LogP contribution in [0.15, 0.2) is 103 Å². The summed E-state index contributed by atoms with van der Waals surface area (Å²) in [7, 11) is -2.09. The lowest BCUT2D eigenvalue weighted by Gasteiger charge is -2.28. The van der Waals surface area contributed by atoms with Gasteiger partial charge < -0.3 is 5.11 Å². The third-order valence-corrected chi connectivity index (χ3v) is 9.54. The van der Waals surface area contributed by atoms with Crippen LogP contribution in [0.3, 0.4) is 0 Å². The van der Waals surface area contributed by atoms with E-state index < -0.39 is 7.26 Å². The summed E-state index contributed by atoms with van der Waals surface area (Å²) < 4.78 is 0. The molecule has 28 heavy (non-hydrogen) atoms. The Balaban J connectivity index is 2.17. The summed E-state index contributed by atoms with van der Waals surface area (Å²) in [5, 5.41) is 15.6. The second kappa shape index (κ2) is 7.62. The Morgan fingerprint density at radius 3 is 1.14 bits per heavy atom. The maximum atomic E-state index is 10.4. The minimum atomic E-state index is -2.09. The summed E-state index contributed by atoms with van der Waals surface area (Å²) in [4.78, 5) is 0. The van der Waals surface area contributed by atoms with E-state index in [1.165, 1.54) is 21.2 Å². The monoisotopic (exact) mass is 383 g/mol. The van der Waals surface area contributed by atoms with Crippen LogP contribution in [-0.4, -0.2) is 5.11 Å². The zero-order valence-corrected chi connectivity index (χ0v) is 17.1. The maximum Gasteiger partial charge on any atom is 0.144 e. The molecule has 0 aromatic heterocycles. The van der Waals surface area contributed by atoms with Gasteiger partial charge in [-0.25, -0.2) is 0 Å². The molecule has 0 heterocycles. The van der Waals surface area contributed by atoms with Gasteiger partial charge in [0.25, 0.3) is 0 Å². The number of phenols is 1. The van der Waals surface area contributed by atoms with Gasteiger partial charge in [0, 0.05) is 0 Å². The van der Waals surface area contributed by atoms with E-state index in [9.17, 15) is 5.11 Å². The van der Waals surface area contributed by atoms with Gasteiger partial charge in [-0.2, -0.15) is 0 Å². The standard InChI is InChI=1S/C26H23OP/c1-20-18-25(19-21(2)26(20)27)28(22-12-6-3-7-13-22,23-14-8-4-9-15-23)24-16-10-5-11-17-24/h3-19H,1-2H3/p+1. The van der Waals surface area contributed by atoms with Crippen LogP contribution < -0.4 is 21.2 Å². The van der Waals surface area contributed by atoms with Crippen LogP contribution in [-0.2, 0) is 0 Å². The number of aryl methyl sites for hydroxylation is 2. The van der Waals surface area contributed by atoms with Gasteiger partial charge in [0.1, 0.15) is 34.2 Å². The molecule has 4 aromatic rings. The largest absolute Gasteiger partial charge is 0.507 e. The van der Waals surface area contributed by atoms with Crippen LogP contribution in [0.1, 0.15) is 11.1 Å². The summed E-state index contributed by atoms with van der Waals surface area (Å²) >= 11 is 0. The van der Waals surface area contributed by atoms with Crippen molar-refractivity contribution < 1.29 is 5.11 Å². The maximum absolute atomic E-state index is 10.4. The van der Waals surface area contributed by atoms with E-state index in [4.69, 9.17) is 0 Å². The molecule has 1 N–H and O–H groups in total. The van der Waals surface area contributed by atoms with Gasteiger partial charge >= 0.3 is 0 Å². The first kappa shape index (κ1) is 18.5. The normalized spacial score (nSPS) is 11.4. The summed E-state index contributed by atoms with van der Waals surface area (Å²) in [5.74, 6) is 0.385. The molecule has 0 saturated heterocycles. The van der Waals surface area contributed by atoms with E-state index in [0.717, 1.165) is 11.1 Å². The number of benzene rings is 4. The Kier molecular flexibility index (Phi) is 5.03. The zero-order chi connectivity index (χ0) is 19.6. The van der Waals surface area contributed by atoms with Crippen molar-refractivity contribution in [3.05, 3.63) is 114 Å².